The van der Waals surface area contributed by atoms with E-state index in [1.807, 2.05) is 0 Å². The number of hydrogen-bond donors (Lipinski definition) is 3. The van der Waals surface area contributed by atoms with Gasteiger partial charge in [0.2, 0.25) is 0 Å². The summed E-state index contributed by atoms with van der Waals surface area (Å²) >= 11 is 0. The molecule has 0 saturated carbocycles. The van der Waals surface area contributed by atoms with Crippen molar-refractivity contribution in [1.29, 1.82) is 0 Å². The molecule has 3 aromatic carbocycles. The van der Waals surface area contributed by atoms with Crippen LogP contribution in [0.2, 0.25) is 0 Å². The first-order valence-electron chi connectivity index (χ1n) is 8.97. The predicted octanol–water partition coefficient (Wildman–Crippen LogP) is 4.45. The number of benzene rings is 3. The molecular weight excluding hydrogens is 394 g/mol. The smallest absolute Gasteiger partial charge is 0.410 e. The molecule has 3 rings (SSSR count). The standard InChI is InChI=1S/C24H17N3O4/c1-3-16-7-5-9-19(11-16)26-23(28)30-21-13-18(25)14-22(15-21)31-24(29)27-20-10-6-8-17(4-2)12-20/h1-2,5-15H,25H2,(H,26,28)(H,27,29). The molecule has 3 aromatic rings. The average Bonchev–Trinajstić information content (AvgIpc) is 2.73. The van der Waals surface area contributed by atoms with Crippen molar-refractivity contribution in [3.8, 4) is 36.2 Å². The number of terminal acetylenes is 2. The fraction of sp³-hybridized carbons (Fsp3) is 0. The van der Waals surface area contributed by atoms with E-state index in [1.165, 1.54) is 18.2 Å². The van der Waals surface area contributed by atoms with E-state index in [2.05, 4.69) is 22.5 Å². The molecule has 0 fully saturated rings. The second kappa shape index (κ2) is 9.55. The van der Waals surface area contributed by atoms with Crippen LogP contribution in [0.5, 0.6) is 11.5 Å². The van der Waals surface area contributed by atoms with Crippen LogP contribution in [0, 0.1) is 24.7 Å². The Morgan fingerprint density at radius 2 is 1.19 bits per heavy atom. The van der Waals surface area contributed by atoms with Crippen molar-refractivity contribution in [2.45, 2.75) is 0 Å². The molecule has 7 heteroatoms. The lowest BCUT2D eigenvalue weighted by Gasteiger charge is -2.11. The molecule has 0 bridgehead atoms. The lowest BCUT2D eigenvalue weighted by atomic mass is 10.2. The van der Waals surface area contributed by atoms with E-state index in [0.717, 1.165) is 0 Å². The van der Waals surface area contributed by atoms with Crippen molar-refractivity contribution in [1.82, 2.24) is 0 Å². The summed E-state index contributed by atoms with van der Waals surface area (Å²) in [6.45, 7) is 0. The lowest BCUT2D eigenvalue weighted by Crippen LogP contribution is -2.18. The minimum Gasteiger partial charge on any atom is -0.410 e. The van der Waals surface area contributed by atoms with E-state index in [-0.39, 0.29) is 17.2 Å². The zero-order chi connectivity index (χ0) is 22.2. The SMILES string of the molecule is C#Cc1cccc(NC(=O)Oc2cc(N)cc(OC(=O)Nc3cccc(C#C)c3)c2)c1. The van der Waals surface area contributed by atoms with Gasteiger partial charge in [-0.05, 0) is 36.4 Å². The van der Waals surface area contributed by atoms with Crippen LogP contribution in [-0.2, 0) is 0 Å². The zero-order valence-electron chi connectivity index (χ0n) is 16.2. The zero-order valence-corrected chi connectivity index (χ0v) is 16.2. The Morgan fingerprint density at radius 3 is 1.61 bits per heavy atom. The molecule has 7 nitrogen and oxygen atoms in total. The van der Waals surface area contributed by atoms with Crippen molar-refractivity contribution in [2.75, 3.05) is 16.4 Å². The van der Waals surface area contributed by atoms with Crippen LogP contribution in [0.4, 0.5) is 26.7 Å². The fourth-order valence-electron chi connectivity index (χ4n) is 2.59. The van der Waals surface area contributed by atoms with Crippen LogP contribution in [0.15, 0.2) is 66.7 Å². The highest BCUT2D eigenvalue weighted by Gasteiger charge is 2.11. The minimum absolute atomic E-state index is 0.0859. The second-order valence-corrected chi connectivity index (χ2v) is 6.22. The molecule has 0 aliphatic rings. The van der Waals surface area contributed by atoms with E-state index in [9.17, 15) is 9.59 Å². The topological polar surface area (TPSA) is 103 Å². The maximum Gasteiger partial charge on any atom is 0.417 e. The maximum atomic E-state index is 12.2. The summed E-state index contributed by atoms with van der Waals surface area (Å²) in [6, 6.07) is 17.6. The Balaban J connectivity index is 1.65. The number of nitrogens with one attached hydrogen (secondary N) is 2. The van der Waals surface area contributed by atoms with Gasteiger partial charge in [-0.25, -0.2) is 9.59 Å². The van der Waals surface area contributed by atoms with Gasteiger partial charge < -0.3 is 15.2 Å². The van der Waals surface area contributed by atoms with E-state index < -0.39 is 12.2 Å². The third kappa shape index (κ3) is 6.05. The molecule has 0 saturated heterocycles. The Labute approximate surface area is 179 Å². The number of nitrogen functional groups attached to an aromatic ring is 1. The Morgan fingerprint density at radius 1 is 0.742 bits per heavy atom. The summed E-state index contributed by atoms with van der Waals surface area (Å²) in [5.74, 6) is 5.12. The average molecular weight is 411 g/mol. The normalized spacial score (nSPS) is 9.61. The Kier molecular flexibility index (Phi) is 6.42. The van der Waals surface area contributed by atoms with Gasteiger partial charge in [0.05, 0.1) is 0 Å². The van der Waals surface area contributed by atoms with Gasteiger partial charge in [-0.3, -0.25) is 10.6 Å². The van der Waals surface area contributed by atoms with Gasteiger partial charge in [-0.2, -0.15) is 0 Å². The van der Waals surface area contributed by atoms with Gasteiger partial charge in [-0.15, -0.1) is 12.8 Å². The number of ether oxygens (including phenoxy) is 2. The third-order valence-electron chi connectivity index (χ3n) is 3.87. The molecular formula is C24H17N3O4. The number of carbonyl (C=O) groups is 2. The number of rotatable bonds is 4. The van der Waals surface area contributed by atoms with Crippen molar-refractivity contribution >= 4 is 29.2 Å². The van der Waals surface area contributed by atoms with E-state index >= 15 is 0 Å². The number of nitrogens with two attached hydrogens (primary N) is 1. The molecule has 0 heterocycles. The first kappa shape index (κ1) is 20.8. The van der Waals surface area contributed by atoms with Crippen LogP contribution in [0.25, 0.3) is 0 Å². The van der Waals surface area contributed by atoms with Crippen molar-refractivity contribution < 1.29 is 19.1 Å². The number of anilines is 3. The lowest BCUT2D eigenvalue weighted by molar-refractivity contribution is 0.213. The Hall–Kier alpha value is -4.88. The molecule has 0 spiro atoms. The molecule has 0 unspecified atom stereocenters. The van der Waals surface area contributed by atoms with Gasteiger partial charge in [0.25, 0.3) is 0 Å². The van der Waals surface area contributed by atoms with Crippen molar-refractivity contribution in [2.24, 2.45) is 0 Å². The minimum atomic E-state index is -0.763. The van der Waals surface area contributed by atoms with Gasteiger partial charge in [-0.1, -0.05) is 24.0 Å². The molecule has 2 amide bonds. The molecule has 0 aromatic heterocycles. The predicted molar refractivity (Wildman–Crippen MR) is 119 cm³/mol. The number of hydrogen-bond acceptors (Lipinski definition) is 5. The molecule has 0 aliphatic carbocycles. The van der Waals surface area contributed by atoms with Crippen molar-refractivity contribution in [3.63, 3.8) is 0 Å². The van der Waals surface area contributed by atoms with Gasteiger partial charge >= 0.3 is 12.2 Å². The number of amides is 2. The van der Waals surface area contributed by atoms with Crippen LogP contribution in [0.3, 0.4) is 0 Å². The number of carbonyl (C=O) groups excluding carboxylic acids is 2. The highest BCUT2D eigenvalue weighted by Crippen LogP contribution is 2.25. The molecule has 0 radical (unpaired) electrons. The molecule has 31 heavy (non-hydrogen) atoms. The van der Waals surface area contributed by atoms with Crippen molar-refractivity contribution in [3.05, 3.63) is 77.9 Å². The molecule has 0 atom stereocenters. The summed E-state index contributed by atoms with van der Waals surface area (Å²) in [4.78, 5) is 24.3. The van der Waals surface area contributed by atoms with Crippen LogP contribution >= 0.6 is 0 Å². The second-order valence-electron chi connectivity index (χ2n) is 6.22. The largest absolute Gasteiger partial charge is 0.417 e. The monoisotopic (exact) mass is 411 g/mol. The third-order valence-corrected chi connectivity index (χ3v) is 3.87. The summed E-state index contributed by atoms with van der Waals surface area (Å²) < 4.78 is 10.5. The summed E-state index contributed by atoms with van der Waals surface area (Å²) in [6.07, 6.45) is 9.17. The molecule has 0 aliphatic heterocycles. The van der Waals surface area contributed by atoms with E-state index in [0.29, 0.717) is 22.5 Å². The summed E-state index contributed by atoms with van der Waals surface area (Å²) in [7, 11) is 0. The maximum absolute atomic E-state index is 12.2. The van der Waals surface area contributed by atoms with Crippen LogP contribution in [0.1, 0.15) is 11.1 Å². The summed E-state index contributed by atoms with van der Waals surface area (Å²) in [5.41, 5.74) is 8.21. The fourth-order valence-corrected chi connectivity index (χ4v) is 2.59. The highest BCUT2D eigenvalue weighted by atomic mass is 16.6. The molecule has 4 N–H and O–H groups in total. The van der Waals surface area contributed by atoms with Gasteiger partial charge in [0.1, 0.15) is 11.5 Å². The first-order chi connectivity index (χ1) is 14.9. The van der Waals surface area contributed by atoms with Gasteiger partial charge in [0.15, 0.2) is 0 Å². The van der Waals surface area contributed by atoms with Crippen LogP contribution in [-0.4, -0.2) is 12.2 Å². The highest BCUT2D eigenvalue weighted by molar-refractivity contribution is 5.88. The molecule has 152 valence electrons. The summed E-state index contributed by atoms with van der Waals surface area (Å²) in [5, 5.41) is 5.11. The van der Waals surface area contributed by atoms with E-state index in [4.69, 9.17) is 28.1 Å². The first-order valence-corrected chi connectivity index (χ1v) is 8.97. The van der Waals surface area contributed by atoms with Crippen LogP contribution < -0.4 is 25.8 Å². The van der Waals surface area contributed by atoms with E-state index in [1.54, 1.807) is 48.5 Å². The van der Waals surface area contributed by atoms with Gasteiger partial charge in [0, 0.05) is 46.4 Å². The quantitative estimate of drug-likeness (QED) is 0.435. The Bertz CT molecular complexity index is 1130.